The van der Waals surface area contributed by atoms with Gasteiger partial charge in [-0.05, 0) is 68.5 Å². The number of esters is 2. The van der Waals surface area contributed by atoms with E-state index in [9.17, 15) is 28.8 Å². The molecule has 270 valence electrons. The molecular weight excluding hydrogens is 774 g/mol. The number of fused-ring (bicyclic) bond motifs is 2. The van der Waals surface area contributed by atoms with Crippen LogP contribution in [0, 0.1) is 0 Å². The van der Waals surface area contributed by atoms with Gasteiger partial charge in [0.25, 0.3) is 22.2 Å². The Morgan fingerprint density at radius 1 is 0.717 bits per heavy atom. The lowest BCUT2D eigenvalue weighted by atomic mass is 10.1. The zero-order valence-corrected chi connectivity index (χ0v) is 30.4. The van der Waals surface area contributed by atoms with E-state index in [0.29, 0.717) is 0 Å². The summed E-state index contributed by atoms with van der Waals surface area (Å²) in [7, 11) is 0. The summed E-state index contributed by atoms with van der Waals surface area (Å²) in [6.07, 6.45) is 4.93. The number of benzene rings is 2. The molecule has 4 N–H and O–H groups in total. The van der Waals surface area contributed by atoms with E-state index >= 15 is 0 Å². The van der Waals surface area contributed by atoms with Gasteiger partial charge in [-0.3, -0.25) is 29.4 Å². The van der Waals surface area contributed by atoms with Crippen LogP contribution in [0.2, 0.25) is 20.1 Å². The molecule has 0 saturated heterocycles. The summed E-state index contributed by atoms with van der Waals surface area (Å²) < 4.78 is 12.4. The lowest BCUT2D eigenvalue weighted by molar-refractivity contribution is 0.0518. The maximum Gasteiger partial charge on any atom is 0.339 e. The van der Waals surface area contributed by atoms with Crippen molar-refractivity contribution >= 4 is 92.6 Å². The Balaban J connectivity index is 1.47. The van der Waals surface area contributed by atoms with Crippen molar-refractivity contribution in [2.24, 2.45) is 0 Å². The number of ether oxygens (including phenoxy) is 2. The number of H-pyrrole nitrogens is 4. The number of carbonyl (C=O) groups is 2. The molecule has 18 heteroatoms. The summed E-state index contributed by atoms with van der Waals surface area (Å²) in [5, 5.41) is 5.99. The van der Waals surface area contributed by atoms with Crippen LogP contribution in [0.25, 0.3) is 45.6 Å². The Morgan fingerprint density at radius 3 is 1.64 bits per heavy atom. The zero-order chi connectivity index (χ0) is 38.1. The Bertz CT molecular complexity index is 2830. The van der Waals surface area contributed by atoms with E-state index in [0.717, 1.165) is 15.4 Å². The lowest BCUT2D eigenvalue weighted by Crippen LogP contribution is -2.21. The highest BCUT2D eigenvalue weighted by molar-refractivity contribution is 6.35. The van der Waals surface area contributed by atoms with Gasteiger partial charge < -0.3 is 19.4 Å². The number of hydrogen-bond donors (Lipinski definition) is 4. The number of rotatable bonds is 9. The molecule has 6 rings (SSSR count). The fourth-order valence-electron chi connectivity index (χ4n) is 5.49. The first-order valence-corrected chi connectivity index (χ1v) is 17.0. The van der Waals surface area contributed by atoms with Gasteiger partial charge in [0.05, 0.1) is 67.7 Å². The zero-order valence-electron chi connectivity index (χ0n) is 27.4. The SMILES string of the molecule is CCOC(=O)c1c(C=C=CC=Cc2c(C(=O)OCC)c3c(=O)n(-c4cc(Cl)ccc4Cl)[nH]c3[nH]c2=O)c(=O)[nH]c2[nH]n(-c3cc(Cl)ccc3Cl)c(=O)c12. The second-order valence-electron chi connectivity index (χ2n) is 11.0. The first-order valence-electron chi connectivity index (χ1n) is 15.5. The third-order valence-corrected chi connectivity index (χ3v) is 8.84. The number of pyridine rings is 2. The van der Waals surface area contributed by atoms with Crippen molar-refractivity contribution in [3.8, 4) is 11.4 Å². The molecule has 4 heterocycles. The number of nitrogens with zero attached hydrogens (tertiary/aromatic N) is 2. The standard InChI is InChI=1S/C35H24Cl4N6O8/c1-3-52-34(50)24-18(30(46)40-28-26(24)32(48)44(42-28)22-14-16(36)10-12-20(22)38)8-6-5-7-9-19-25(35(51)53-4-2)27-29(41-31(19)47)43-45(33(27)49)23-15-17(37)11-13-21(23)39/h5-6,8-15H,3-4H2,1-2H3,(H2,40,42,46)(H2,41,43,47). The van der Waals surface area contributed by atoms with Crippen LogP contribution in [-0.2, 0) is 9.47 Å². The first kappa shape index (κ1) is 37.0. The minimum Gasteiger partial charge on any atom is -0.462 e. The molecule has 2 aromatic carbocycles. The summed E-state index contributed by atoms with van der Waals surface area (Å²) in [5.41, 5.74) is -1.25. The van der Waals surface area contributed by atoms with Gasteiger partial charge in [-0.2, -0.15) is 0 Å². The summed E-state index contributed by atoms with van der Waals surface area (Å²) in [6.45, 7) is 3.00. The van der Waals surface area contributed by atoms with Gasteiger partial charge in [0.15, 0.2) is 0 Å². The van der Waals surface area contributed by atoms with E-state index in [1.54, 1.807) is 13.8 Å². The van der Waals surface area contributed by atoms with Gasteiger partial charge in [-0.15, -0.1) is 5.73 Å². The fourth-order valence-corrected chi connectivity index (χ4v) is 6.23. The maximum atomic E-state index is 13.7. The predicted octanol–water partition coefficient (Wildman–Crippen LogP) is 6.18. The van der Waals surface area contributed by atoms with E-state index in [2.05, 4.69) is 25.9 Å². The first-order chi connectivity index (χ1) is 25.4. The van der Waals surface area contributed by atoms with E-state index in [4.69, 9.17) is 55.9 Å². The van der Waals surface area contributed by atoms with Crippen molar-refractivity contribution in [3.63, 3.8) is 0 Å². The molecule has 0 atom stereocenters. The number of halogens is 4. The molecule has 0 saturated carbocycles. The van der Waals surface area contributed by atoms with E-state index in [-0.39, 0.29) is 89.0 Å². The van der Waals surface area contributed by atoms with E-state index in [1.807, 2.05) is 0 Å². The summed E-state index contributed by atoms with van der Waals surface area (Å²) in [4.78, 5) is 85.3. The molecule has 0 unspecified atom stereocenters. The van der Waals surface area contributed by atoms with Crippen LogP contribution in [0.1, 0.15) is 45.7 Å². The minimum atomic E-state index is -0.956. The average Bonchev–Trinajstić information content (AvgIpc) is 3.61. The largest absolute Gasteiger partial charge is 0.462 e. The molecule has 0 aliphatic rings. The number of allylic oxidation sites excluding steroid dienone is 2. The summed E-state index contributed by atoms with van der Waals surface area (Å²) >= 11 is 24.9. The molecular formula is C35H24Cl4N6O8. The molecule has 0 aliphatic heterocycles. The number of aromatic nitrogens is 6. The average molecular weight is 798 g/mol. The van der Waals surface area contributed by atoms with Gasteiger partial charge in [0, 0.05) is 10.0 Å². The lowest BCUT2D eigenvalue weighted by Gasteiger charge is -2.06. The predicted molar refractivity (Wildman–Crippen MR) is 203 cm³/mol. The van der Waals surface area contributed by atoms with Crippen LogP contribution >= 0.6 is 46.4 Å². The van der Waals surface area contributed by atoms with Crippen LogP contribution < -0.4 is 22.2 Å². The Hall–Kier alpha value is -5.76. The molecule has 0 fully saturated rings. The molecule has 0 radical (unpaired) electrons. The van der Waals surface area contributed by atoms with Gasteiger partial charge >= 0.3 is 11.9 Å². The van der Waals surface area contributed by atoms with Crippen LogP contribution in [-0.4, -0.2) is 54.7 Å². The Labute approximate surface area is 316 Å². The monoisotopic (exact) mass is 796 g/mol. The summed E-state index contributed by atoms with van der Waals surface area (Å²) in [6, 6.07) is 8.86. The number of nitrogens with one attached hydrogen (secondary N) is 4. The van der Waals surface area contributed by atoms with Crippen LogP contribution in [0.5, 0.6) is 0 Å². The van der Waals surface area contributed by atoms with E-state index in [1.165, 1.54) is 54.6 Å². The normalized spacial score (nSPS) is 11.3. The second kappa shape index (κ2) is 15.1. The van der Waals surface area contributed by atoms with Gasteiger partial charge in [-0.1, -0.05) is 52.5 Å². The smallest absolute Gasteiger partial charge is 0.339 e. The molecule has 0 bridgehead atoms. The highest BCUT2D eigenvalue weighted by Crippen LogP contribution is 2.26. The Kier molecular flexibility index (Phi) is 10.5. The quantitative estimate of drug-likeness (QED) is 0.0757. The van der Waals surface area contributed by atoms with Crippen molar-refractivity contribution in [2.75, 3.05) is 13.2 Å². The second-order valence-corrected chi connectivity index (χ2v) is 12.6. The van der Waals surface area contributed by atoms with Crippen LogP contribution in [0.3, 0.4) is 0 Å². The topological polar surface area (TPSA) is 194 Å². The molecule has 14 nitrogen and oxygen atoms in total. The highest BCUT2D eigenvalue weighted by atomic mass is 35.5. The van der Waals surface area contributed by atoms with Crippen LogP contribution in [0.4, 0.5) is 0 Å². The van der Waals surface area contributed by atoms with Crippen molar-refractivity contribution in [1.82, 2.24) is 29.5 Å². The number of carbonyl (C=O) groups excluding carboxylic acids is 2. The molecule has 0 spiro atoms. The molecule has 0 aliphatic carbocycles. The minimum absolute atomic E-state index is 0.0578. The summed E-state index contributed by atoms with van der Waals surface area (Å²) in [5.74, 6) is -1.90. The fraction of sp³-hybridized carbons (Fsp3) is 0.114. The third-order valence-electron chi connectivity index (χ3n) is 7.73. The number of hydrogen-bond acceptors (Lipinski definition) is 8. The number of aromatic amines is 4. The Morgan fingerprint density at radius 2 is 1.17 bits per heavy atom. The molecule has 0 amide bonds. The van der Waals surface area contributed by atoms with E-state index < -0.39 is 34.2 Å². The maximum absolute atomic E-state index is 13.7. The van der Waals surface area contributed by atoms with Crippen LogP contribution in [0.15, 0.2) is 73.5 Å². The van der Waals surface area contributed by atoms with Gasteiger partial charge in [0.1, 0.15) is 11.3 Å². The van der Waals surface area contributed by atoms with Crippen molar-refractivity contribution < 1.29 is 19.1 Å². The third kappa shape index (κ3) is 6.93. The molecule has 53 heavy (non-hydrogen) atoms. The van der Waals surface area contributed by atoms with Gasteiger partial charge in [0.2, 0.25) is 0 Å². The molecule has 6 aromatic rings. The van der Waals surface area contributed by atoms with Crippen molar-refractivity contribution in [3.05, 3.63) is 138 Å². The molecule has 4 aromatic heterocycles. The van der Waals surface area contributed by atoms with Crippen molar-refractivity contribution in [1.29, 1.82) is 0 Å². The highest BCUT2D eigenvalue weighted by Gasteiger charge is 2.26. The van der Waals surface area contributed by atoms with Crippen molar-refractivity contribution in [2.45, 2.75) is 13.8 Å². The van der Waals surface area contributed by atoms with Gasteiger partial charge in [-0.25, -0.2) is 19.0 Å².